The number of hydrogen-bond donors (Lipinski definition) is 0. The number of rotatable bonds is 6. The second kappa shape index (κ2) is 10.1. The van der Waals surface area contributed by atoms with Crippen LogP contribution in [-0.4, -0.2) is 56.1 Å². The van der Waals surface area contributed by atoms with Crippen LogP contribution in [0.3, 0.4) is 0 Å². The van der Waals surface area contributed by atoms with Crippen molar-refractivity contribution in [2.45, 2.75) is 6.04 Å². The van der Waals surface area contributed by atoms with Crippen molar-refractivity contribution in [2.24, 2.45) is 0 Å². The van der Waals surface area contributed by atoms with Gasteiger partial charge in [-0.3, -0.25) is 9.69 Å². The lowest BCUT2D eigenvalue weighted by Gasteiger charge is -2.40. The molecule has 0 aromatic heterocycles. The number of amides is 1. The normalized spacial score (nSPS) is 15.3. The van der Waals surface area contributed by atoms with E-state index in [0.29, 0.717) is 30.2 Å². The van der Waals surface area contributed by atoms with Crippen molar-refractivity contribution in [3.05, 3.63) is 94.5 Å². The van der Waals surface area contributed by atoms with Crippen LogP contribution in [0.4, 0.5) is 0 Å². The zero-order chi connectivity index (χ0) is 22.5. The van der Waals surface area contributed by atoms with Crippen molar-refractivity contribution in [2.75, 3.05) is 40.4 Å². The van der Waals surface area contributed by atoms with Gasteiger partial charge in [0.2, 0.25) is 0 Å². The number of nitrogens with zero attached hydrogens (tertiary/aromatic N) is 2. The van der Waals surface area contributed by atoms with Crippen LogP contribution in [0.25, 0.3) is 0 Å². The van der Waals surface area contributed by atoms with Gasteiger partial charge in [-0.25, -0.2) is 0 Å². The van der Waals surface area contributed by atoms with Gasteiger partial charge >= 0.3 is 0 Å². The maximum atomic E-state index is 13.2. The molecule has 0 spiro atoms. The molecule has 0 radical (unpaired) electrons. The molecule has 166 valence electrons. The Kier molecular flexibility index (Phi) is 6.98. The molecule has 3 aromatic carbocycles. The van der Waals surface area contributed by atoms with Gasteiger partial charge in [-0.1, -0.05) is 54.1 Å². The van der Waals surface area contributed by atoms with E-state index in [0.717, 1.165) is 18.1 Å². The highest BCUT2D eigenvalue weighted by Crippen LogP contribution is 2.31. The Morgan fingerprint density at radius 3 is 1.94 bits per heavy atom. The van der Waals surface area contributed by atoms with E-state index in [-0.39, 0.29) is 11.9 Å². The average Bonchev–Trinajstić information content (AvgIpc) is 2.85. The maximum Gasteiger partial charge on any atom is 0.254 e. The third-order valence-electron chi connectivity index (χ3n) is 5.87. The number of carbonyl (C=O) groups is 1. The third-order valence-corrected chi connectivity index (χ3v) is 6.12. The SMILES string of the molecule is COc1cc(OC)cc(C(=O)N2CCN([C@@H](c3ccccc3)c3ccc(Cl)cc3)CC2)c1. The van der Waals surface area contributed by atoms with E-state index >= 15 is 0 Å². The predicted molar refractivity (Wildman–Crippen MR) is 127 cm³/mol. The number of methoxy groups -OCH3 is 2. The molecule has 3 aromatic rings. The zero-order valence-electron chi connectivity index (χ0n) is 18.3. The Hall–Kier alpha value is -3.02. The topological polar surface area (TPSA) is 42.0 Å². The monoisotopic (exact) mass is 450 g/mol. The molecule has 0 aliphatic carbocycles. The number of ether oxygens (including phenoxy) is 2. The van der Waals surface area contributed by atoms with E-state index in [9.17, 15) is 4.79 Å². The van der Waals surface area contributed by atoms with Crippen LogP contribution in [0.1, 0.15) is 27.5 Å². The number of benzene rings is 3. The summed E-state index contributed by atoms with van der Waals surface area (Å²) >= 11 is 6.13. The number of piperazine rings is 1. The first-order valence-electron chi connectivity index (χ1n) is 10.7. The minimum atomic E-state index is -0.00963. The smallest absolute Gasteiger partial charge is 0.254 e. The molecular formula is C26H27ClN2O3. The molecule has 1 heterocycles. The summed E-state index contributed by atoms with van der Waals surface area (Å²) in [4.78, 5) is 17.5. The van der Waals surface area contributed by atoms with Crippen molar-refractivity contribution < 1.29 is 14.3 Å². The molecule has 6 heteroatoms. The highest BCUT2D eigenvalue weighted by atomic mass is 35.5. The fraction of sp³-hybridized carbons (Fsp3) is 0.269. The Balaban J connectivity index is 1.52. The highest BCUT2D eigenvalue weighted by molar-refractivity contribution is 6.30. The second-order valence-corrected chi connectivity index (χ2v) is 8.23. The molecule has 0 saturated carbocycles. The zero-order valence-corrected chi connectivity index (χ0v) is 19.1. The van der Waals surface area contributed by atoms with Crippen LogP contribution in [0.2, 0.25) is 5.02 Å². The van der Waals surface area contributed by atoms with E-state index in [2.05, 4.69) is 41.3 Å². The van der Waals surface area contributed by atoms with Gasteiger partial charge in [-0.05, 0) is 35.4 Å². The summed E-state index contributed by atoms with van der Waals surface area (Å²) in [6, 6.07) is 23.9. The molecule has 5 nitrogen and oxygen atoms in total. The van der Waals surface area contributed by atoms with E-state index in [1.807, 2.05) is 23.1 Å². The van der Waals surface area contributed by atoms with Crippen molar-refractivity contribution in [3.63, 3.8) is 0 Å². The molecular weight excluding hydrogens is 424 g/mol. The molecule has 4 rings (SSSR count). The van der Waals surface area contributed by atoms with Gasteiger partial charge in [0.15, 0.2) is 0 Å². The summed E-state index contributed by atoms with van der Waals surface area (Å²) in [5.74, 6) is 1.21. The molecule has 1 aliphatic heterocycles. The lowest BCUT2D eigenvalue weighted by Crippen LogP contribution is -2.49. The molecule has 0 N–H and O–H groups in total. The van der Waals surface area contributed by atoms with Crippen LogP contribution in [-0.2, 0) is 0 Å². The van der Waals surface area contributed by atoms with Crippen molar-refractivity contribution in [3.8, 4) is 11.5 Å². The van der Waals surface area contributed by atoms with Crippen LogP contribution >= 0.6 is 11.6 Å². The fourth-order valence-corrected chi connectivity index (χ4v) is 4.32. The van der Waals surface area contributed by atoms with Gasteiger partial charge in [-0.2, -0.15) is 0 Å². The number of halogens is 1. The maximum absolute atomic E-state index is 13.2. The first kappa shape index (κ1) is 22.2. The minimum absolute atomic E-state index is 0.00963. The Morgan fingerprint density at radius 1 is 0.812 bits per heavy atom. The standard InChI is InChI=1S/C26H27ClN2O3/c1-31-23-16-21(17-24(18-23)32-2)26(30)29-14-12-28(13-15-29)25(19-6-4-3-5-7-19)20-8-10-22(27)11-9-20/h3-11,16-18,25H,12-15H2,1-2H3/t25-/m0/s1. The third kappa shape index (κ3) is 4.90. The molecule has 1 saturated heterocycles. The molecule has 0 bridgehead atoms. The van der Waals surface area contributed by atoms with E-state index in [1.165, 1.54) is 11.1 Å². The average molecular weight is 451 g/mol. The predicted octanol–water partition coefficient (Wildman–Crippen LogP) is 4.90. The van der Waals surface area contributed by atoms with E-state index in [1.54, 1.807) is 32.4 Å². The van der Waals surface area contributed by atoms with Crippen LogP contribution in [0, 0.1) is 0 Å². The summed E-state index contributed by atoms with van der Waals surface area (Å²) in [6.07, 6.45) is 0. The fourth-order valence-electron chi connectivity index (χ4n) is 4.19. The van der Waals surface area contributed by atoms with Crippen LogP contribution in [0.15, 0.2) is 72.8 Å². The van der Waals surface area contributed by atoms with Crippen molar-refractivity contribution in [1.82, 2.24) is 9.80 Å². The van der Waals surface area contributed by atoms with Crippen molar-refractivity contribution >= 4 is 17.5 Å². The molecule has 1 amide bonds. The van der Waals surface area contributed by atoms with Crippen molar-refractivity contribution in [1.29, 1.82) is 0 Å². The van der Waals surface area contributed by atoms with E-state index in [4.69, 9.17) is 21.1 Å². The molecule has 32 heavy (non-hydrogen) atoms. The Morgan fingerprint density at radius 2 is 1.38 bits per heavy atom. The first-order chi connectivity index (χ1) is 15.6. The lowest BCUT2D eigenvalue weighted by atomic mass is 9.96. The lowest BCUT2D eigenvalue weighted by molar-refractivity contribution is 0.0596. The van der Waals surface area contributed by atoms with Gasteiger partial charge in [0.25, 0.3) is 5.91 Å². The summed E-state index contributed by atoms with van der Waals surface area (Å²) in [5.41, 5.74) is 3.00. The van der Waals surface area contributed by atoms with Crippen LogP contribution < -0.4 is 9.47 Å². The van der Waals surface area contributed by atoms with Crippen LogP contribution in [0.5, 0.6) is 11.5 Å². The Labute approximate surface area is 194 Å². The van der Waals surface area contributed by atoms with Gasteiger partial charge in [-0.15, -0.1) is 0 Å². The van der Waals surface area contributed by atoms with Gasteiger partial charge in [0.1, 0.15) is 11.5 Å². The van der Waals surface area contributed by atoms with E-state index < -0.39 is 0 Å². The quantitative estimate of drug-likeness (QED) is 0.535. The summed E-state index contributed by atoms with van der Waals surface area (Å²) in [7, 11) is 3.17. The Bertz CT molecular complexity index is 1030. The second-order valence-electron chi connectivity index (χ2n) is 7.79. The first-order valence-corrected chi connectivity index (χ1v) is 11.0. The highest BCUT2D eigenvalue weighted by Gasteiger charge is 2.29. The van der Waals surface area contributed by atoms with Gasteiger partial charge in [0.05, 0.1) is 20.3 Å². The molecule has 1 aliphatic rings. The molecule has 1 fully saturated rings. The van der Waals surface area contributed by atoms with Gasteiger partial charge < -0.3 is 14.4 Å². The summed E-state index contributed by atoms with van der Waals surface area (Å²) in [6.45, 7) is 2.84. The molecule has 0 unspecified atom stereocenters. The number of carbonyl (C=O) groups excluding carboxylic acids is 1. The number of hydrogen-bond acceptors (Lipinski definition) is 4. The molecule has 1 atom stereocenters. The van der Waals surface area contributed by atoms with Gasteiger partial charge in [0, 0.05) is 42.8 Å². The summed E-state index contributed by atoms with van der Waals surface area (Å²) < 4.78 is 10.6. The largest absolute Gasteiger partial charge is 0.497 e. The summed E-state index contributed by atoms with van der Waals surface area (Å²) in [5, 5.41) is 0.727. The minimum Gasteiger partial charge on any atom is -0.497 e.